The molecule has 0 unspecified atom stereocenters. The standard InChI is InChI=1S/C66H80N4Si/c1-43(2)53-31-23-32-54(44(3)4)63(53)67-39-61(69(41-67)65-57(47(9)10)35-25-36-58(65)48(11)12)71(51-27-19-17-20-28-51,52-29-21-18-22-30-52)62-40-68(64-55(45(5)6)33-24-34-56(64)46(7)8)42-70(62)66-59(49(13)14)37-26-38-60(66)50(15)16/h17-40,43-50H,1-16H3. The number of hydrogen-bond acceptors (Lipinski definition) is 0. The molecule has 0 saturated heterocycles. The van der Waals surface area contributed by atoms with Gasteiger partial charge in [-0.15, -0.1) is 0 Å². The first-order valence-electron chi connectivity index (χ1n) is 26.7. The van der Waals surface area contributed by atoms with E-state index < -0.39 is 8.07 Å². The van der Waals surface area contributed by atoms with Crippen molar-refractivity contribution in [1.82, 2.24) is 9.13 Å². The highest BCUT2D eigenvalue weighted by Crippen LogP contribution is 2.35. The van der Waals surface area contributed by atoms with Crippen LogP contribution in [-0.4, -0.2) is 17.2 Å². The zero-order valence-corrected chi connectivity index (χ0v) is 46.8. The third kappa shape index (κ3) is 9.36. The molecule has 8 rings (SSSR count). The molecule has 0 saturated carbocycles. The van der Waals surface area contributed by atoms with Crippen LogP contribution in [-0.2, 0) is 0 Å². The van der Waals surface area contributed by atoms with Crippen LogP contribution < -0.4 is 30.1 Å². The molecule has 0 atom stereocenters. The van der Waals surface area contributed by atoms with Crippen LogP contribution in [0.3, 0.4) is 0 Å². The van der Waals surface area contributed by atoms with E-state index in [-0.39, 0.29) is 23.7 Å². The number of para-hydroxylation sites is 4. The molecule has 0 aliphatic rings. The minimum atomic E-state index is -3.57. The predicted octanol–water partition coefficient (Wildman–Crippen LogP) is 13.8. The fourth-order valence-corrected chi connectivity index (χ4v) is 16.0. The van der Waals surface area contributed by atoms with E-state index in [0.717, 1.165) is 0 Å². The first-order chi connectivity index (χ1) is 33.9. The van der Waals surface area contributed by atoms with Crippen LogP contribution in [0.15, 0.2) is 146 Å². The molecular formula is C66H80N4Si. The highest BCUT2D eigenvalue weighted by Gasteiger charge is 2.48. The Balaban J connectivity index is 1.72. The summed E-state index contributed by atoms with van der Waals surface area (Å²) in [4.78, 5) is 0. The van der Waals surface area contributed by atoms with Crippen molar-refractivity contribution < 1.29 is 9.13 Å². The van der Waals surface area contributed by atoms with E-state index in [1.807, 2.05) is 0 Å². The molecule has 4 nitrogen and oxygen atoms in total. The van der Waals surface area contributed by atoms with Gasteiger partial charge in [-0.2, -0.15) is 0 Å². The lowest BCUT2D eigenvalue weighted by Gasteiger charge is -2.36. The SMILES string of the molecule is CC(C)c1cccc(C(C)C)c1-n1[c-][n+](-c2c(C(C)C)cccc2C(C)C)c([Si](c2ccccc2)(c2ccccc2)c2c[n+](-c3c(C(C)C)cccc3C(C)C)[c-]n2-c2c(C(C)C)cccc2C(C)C)c1. The van der Waals surface area contributed by atoms with Gasteiger partial charge in [-0.3, -0.25) is 18.3 Å². The summed E-state index contributed by atoms with van der Waals surface area (Å²) >= 11 is 0. The molecule has 2 heterocycles. The monoisotopic (exact) mass is 957 g/mol. The summed E-state index contributed by atoms with van der Waals surface area (Å²) in [5.41, 5.74) is 15.5. The maximum Gasteiger partial charge on any atom is 0.268 e. The van der Waals surface area contributed by atoms with Crippen LogP contribution in [0.2, 0.25) is 0 Å². The summed E-state index contributed by atoms with van der Waals surface area (Å²) in [6, 6.07) is 50.9. The number of imidazole rings is 2. The number of rotatable bonds is 16. The molecule has 0 fully saturated rings. The number of hydrogen-bond donors (Lipinski definition) is 0. The van der Waals surface area contributed by atoms with E-state index in [2.05, 4.69) is 288 Å². The summed E-state index contributed by atoms with van der Waals surface area (Å²) in [7, 11) is -3.57. The normalized spacial score (nSPS) is 12.4. The van der Waals surface area contributed by atoms with Crippen molar-refractivity contribution in [1.29, 1.82) is 0 Å². The summed E-state index contributed by atoms with van der Waals surface area (Å²) in [5, 5.41) is 5.09. The van der Waals surface area contributed by atoms with Crippen molar-refractivity contribution in [3.8, 4) is 22.7 Å². The summed E-state index contributed by atoms with van der Waals surface area (Å²) in [6.07, 6.45) is 13.5. The van der Waals surface area contributed by atoms with Gasteiger partial charge >= 0.3 is 0 Å². The molecule has 71 heavy (non-hydrogen) atoms. The summed E-state index contributed by atoms with van der Waals surface area (Å²) in [6.45, 7) is 37.5. The fraction of sp³-hybridized carbons (Fsp3) is 0.364. The topological polar surface area (TPSA) is 17.6 Å². The van der Waals surface area contributed by atoms with Gasteiger partial charge in [0, 0.05) is 23.0 Å². The molecule has 8 aromatic rings. The summed E-state index contributed by atoms with van der Waals surface area (Å²) in [5.74, 6) is 2.19. The molecule has 0 amide bonds. The Morgan fingerprint density at radius 1 is 0.366 bits per heavy atom. The van der Waals surface area contributed by atoms with E-state index >= 15 is 0 Å². The van der Waals surface area contributed by atoms with E-state index in [4.69, 9.17) is 0 Å². The number of nitrogens with zero attached hydrogens (tertiary/aromatic N) is 4. The Morgan fingerprint density at radius 3 is 1.07 bits per heavy atom. The van der Waals surface area contributed by atoms with Crippen LogP contribution in [0.4, 0.5) is 0 Å². The first-order valence-corrected chi connectivity index (χ1v) is 28.7. The van der Waals surface area contributed by atoms with Gasteiger partial charge in [0.25, 0.3) is 12.7 Å². The van der Waals surface area contributed by atoms with Gasteiger partial charge in [0.1, 0.15) is 0 Å². The lowest BCUT2D eigenvalue weighted by Crippen LogP contribution is -2.81. The van der Waals surface area contributed by atoms with Crippen LogP contribution in [0.25, 0.3) is 22.7 Å². The third-order valence-electron chi connectivity index (χ3n) is 14.9. The average molecular weight is 957 g/mol. The Morgan fingerprint density at radius 2 is 0.704 bits per heavy atom. The van der Waals surface area contributed by atoms with E-state index in [0.29, 0.717) is 23.7 Å². The van der Waals surface area contributed by atoms with Crippen molar-refractivity contribution >= 4 is 29.1 Å². The van der Waals surface area contributed by atoms with Gasteiger partial charge in [0.2, 0.25) is 0 Å². The highest BCUT2D eigenvalue weighted by molar-refractivity contribution is 7.18. The van der Waals surface area contributed by atoms with E-state index in [1.165, 1.54) is 88.3 Å². The molecular weight excluding hydrogens is 877 g/mol. The largest absolute Gasteiger partial charge is 0.298 e. The highest BCUT2D eigenvalue weighted by atomic mass is 28.3. The van der Waals surface area contributed by atoms with Crippen LogP contribution >= 0.6 is 0 Å². The maximum absolute atomic E-state index is 4.26. The van der Waals surface area contributed by atoms with Gasteiger partial charge in [-0.05, 0) is 91.9 Å². The van der Waals surface area contributed by atoms with Crippen LogP contribution in [0.1, 0.15) is 203 Å². The smallest absolute Gasteiger partial charge is 0.268 e. The minimum absolute atomic E-state index is 0.257. The Kier molecular flexibility index (Phi) is 15.2. The molecule has 0 bridgehead atoms. The molecule has 6 aromatic carbocycles. The van der Waals surface area contributed by atoms with E-state index in [9.17, 15) is 0 Å². The lowest BCUT2D eigenvalue weighted by molar-refractivity contribution is -0.600. The Bertz CT molecular complexity index is 2790. The van der Waals surface area contributed by atoms with Crippen molar-refractivity contribution in [2.45, 2.75) is 158 Å². The number of aromatic nitrogens is 4. The summed E-state index contributed by atoms with van der Waals surface area (Å²) < 4.78 is 9.93. The predicted molar refractivity (Wildman–Crippen MR) is 302 cm³/mol. The van der Waals surface area contributed by atoms with Crippen molar-refractivity contribution in [3.05, 3.63) is 203 Å². The van der Waals surface area contributed by atoms with Crippen molar-refractivity contribution in [2.75, 3.05) is 0 Å². The van der Waals surface area contributed by atoms with Gasteiger partial charge in [0.05, 0.1) is 22.7 Å². The van der Waals surface area contributed by atoms with Gasteiger partial charge < -0.3 is 0 Å². The molecule has 0 spiro atoms. The second kappa shape index (κ2) is 21.0. The zero-order chi connectivity index (χ0) is 51.1. The molecule has 2 aromatic heterocycles. The third-order valence-corrected chi connectivity index (χ3v) is 19.5. The second-order valence-electron chi connectivity index (χ2n) is 22.5. The van der Waals surface area contributed by atoms with Crippen LogP contribution in [0.5, 0.6) is 0 Å². The van der Waals surface area contributed by atoms with Gasteiger partial charge in [0.15, 0.2) is 8.07 Å². The quantitative estimate of drug-likeness (QED) is 0.0522. The van der Waals surface area contributed by atoms with Crippen molar-refractivity contribution in [2.24, 2.45) is 0 Å². The molecule has 0 aliphatic heterocycles. The lowest BCUT2D eigenvalue weighted by atomic mass is 9.92. The molecule has 368 valence electrons. The number of benzene rings is 6. The van der Waals surface area contributed by atoms with Crippen LogP contribution in [0, 0.1) is 12.7 Å². The van der Waals surface area contributed by atoms with E-state index in [1.54, 1.807) is 0 Å². The average Bonchev–Trinajstić information content (AvgIpc) is 4.00. The Labute approximate surface area is 429 Å². The van der Waals surface area contributed by atoms with Gasteiger partial charge in [-0.25, -0.2) is 0 Å². The first kappa shape index (κ1) is 51.3. The molecule has 0 aliphatic carbocycles. The minimum Gasteiger partial charge on any atom is -0.298 e. The Hall–Kier alpha value is -6.04. The van der Waals surface area contributed by atoms with Gasteiger partial charge in [-0.1, -0.05) is 255 Å². The fourth-order valence-electron chi connectivity index (χ4n) is 11.2. The maximum atomic E-state index is 4.26. The second-order valence-corrected chi connectivity index (χ2v) is 26.2. The zero-order valence-electron chi connectivity index (χ0n) is 45.8. The van der Waals surface area contributed by atoms with Crippen molar-refractivity contribution in [3.63, 3.8) is 0 Å². The molecule has 0 N–H and O–H groups in total. The molecule has 5 heteroatoms. The molecule has 0 radical (unpaired) electrons.